The first-order valence-electron chi connectivity index (χ1n) is 7.31. The molecule has 1 aromatic carbocycles. The summed E-state index contributed by atoms with van der Waals surface area (Å²) in [6, 6.07) is 5.27. The van der Waals surface area contributed by atoms with Crippen molar-refractivity contribution in [2.75, 3.05) is 0 Å². The average molecular weight is 308 g/mol. The van der Waals surface area contributed by atoms with Crippen molar-refractivity contribution in [3.63, 3.8) is 0 Å². The summed E-state index contributed by atoms with van der Waals surface area (Å²) in [5.41, 5.74) is -0.846. The van der Waals surface area contributed by atoms with E-state index in [0.717, 1.165) is 31.4 Å². The Morgan fingerprint density at radius 1 is 1.32 bits per heavy atom. The van der Waals surface area contributed by atoms with E-state index in [1.54, 1.807) is 0 Å². The number of hydrogen-bond donors (Lipinski definition) is 1. The maximum Gasteiger partial charge on any atom is 0.262 e. The van der Waals surface area contributed by atoms with Crippen molar-refractivity contribution in [1.29, 1.82) is 5.26 Å². The molecule has 1 aromatic rings. The molecule has 1 fully saturated rings. The lowest BCUT2D eigenvalue weighted by Crippen LogP contribution is -2.52. The lowest BCUT2D eigenvalue weighted by atomic mass is 9.83. The molecule has 0 radical (unpaired) electrons. The second-order valence-electron chi connectivity index (χ2n) is 5.58. The minimum atomic E-state index is -1.04. The van der Waals surface area contributed by atoms with E-state index < -0.39 is 29.2 Å². The standard InChI is InChI=1S/C16H18F2N2O2/c1-11(22-12-5-6-13(17)14(18)9-12)15(21)20-16(10-19)7-3-2-4-8-16/h5-6,9,11H,2-4,7-8H2,1H3,(H,20,21). The first kappa shape index (κ1) is 16.2. The number of carbonyl (C=O) groups is 1. The van der Waals surface area contributed by atoms with Crippen LogP contribution in [-0.4, -0.2) is 17.6 Å². The van der Waals surface area contributed by atoms with Crippen LogP contribution in [0.1, 0.15) is 39.0 Å². The molecule has 1 atom stereocenters. The van der Waals surface area contributed by atoms with E-state index in [0.29, 0.717) is 12.8 Å². The maximum atomic E-state index is 13.1. The first-order chi connectivity index (χ1) is 10.5. The fourth-order valence-electron chi connectivity index (χ4n) is 2.57. The highest BCUT2D eigenvalue weighted by atomic mass is 19.2. The quantitative estimate of drug-likeness (QED) is 0.930. The van der Waals surface area contributed by atoms with Crippen LogP contribution in [0.4, 0.5) is 8.78 Å². The van der Waals surface area contributed by atoms with Gasteiger partial charge in [0, 0.05) is 6.07 Å². The van der Waals surface area contributed by atoms with E-state index in [4.69, 9.17) is 4.74 Å². The van der Waals surface area contributed by atoms with Crippen LogP contribution >= 0.6 is 0 Å². The zero-order valence-corrected chi connectivity index (χ0v) is 12.4. The summed E-state index contributed by atoms with van der Waals surface area (Å²) in [6.45, 7) is 1.50. The summed E-state index contributed by atoms with van der Waals surface area (Å²) >= 11 is 0. The number of amides is 1. The van der Waals surface area contributed by atoms with Crippen LogP contribution in [0.5, 0.6) is 5.75 Å². The summed E-state index contributed by atoms with van der Waals surface area (Å²) in [4.78, 5) is 12.2. The third-order valence-corrected chi connectivity index (χ3v) is 3.86. The van der Waals surface area contributed by atoms with Crippen molar-refractivity contribution in [3.05, 3.63) is 29.8 Å². The van der Waals surface area contributed by atoms with Gasteiger partial charge in [-0.25, -0.2) is 8.78 Å². The number of nitrogens with zero attached hydrogens (tertiary/aromatic N) is 1. The van der Waals surface area contributed by atoms with Gasteiger partial charge in [-0.3, -0.25) is 4.79 Å². The topological polar surface area (TPSA) is 62.1 Å². The normalized spacial score (nSPS) is 18.1. The molecule has 0 aromatic heterocycles. The summed E-state index contributed by atoms with van der Waals surface area (Å²) in [5, 5.41) is 12.1. The van der Waals surface area contributed by atoms with Crippen molar-refractivity contribution >= 4 is 5.91 Å². The Hall–Kier alpha value is -2.16. The van der Waals surface area contributed by atoms with Crippen molar-refractivity contribution in [1.82, 2.24) is 5.32 Å². The van der Waals surface area contributed by atoms with Crippen LogP contribution < -0.4 is 10.1 Å². The van der Waals surface area contributed by atoms with Gasteiger partial charge in [-0.1, -0.05) is 19.3 Å². The molecule has 1 saturated carbocycles. The van der Waals surface area contributed by atoms with E-state index in [2.05, 4.69) is 11.4 Å². The predicted molar refractivity (Wildman–Crippen MR) is 76.0 cm³/mol. The minimum Gasteiger partial charge on any atom is -0.481 e. The highest BCUT2D eigenvalue weighted by Gasteiger charge is 2.35. The molecule has 1 unspecified atom stereocenters. The Morgan fingerprint density at radius 3 is 2.59 bits per heavy atom. The minimum absolute atomic E-state index is 0.0659. The Labute approximate surface area is 128 Å². The Bertz CT molecular complexity index is 592. The lowest BCUT2D eigenvalue weighted by molar-refractivity contribution is -0.129. The predicted octanol–water partition coefficient (Wildman–Crippen LogP) is 3.07. The van der Waals surface area contributed by atoms with E-state index in [1.165, 1.54) is 13.0 Å². The summed E-state index contributed by atoms with van der Waals surface area (Å²) in [5.74, 6) is -2.38. The van der Waals surface area contributed by atoms with Gasteiger partial charge in [0.15, 0.2) is 17.7 Å². The van der Waals surface area contributed by atoms with Gasteiger partial charge in [-0.2, -0.15) is 5.26 Å². The molecule has 0 aliphatic heterocycles. The molecule has 1 aliphatic rings. The number of ether oxygens (including phenoxy) is 1. The monoisotopic (exact) mass is 308 g/mol. The van der Waals surface area contributed by atoms with Crippen molar-refractivity contribution in [3.8, 4) is 11.8 Å². The summed E-state index contributed by atoms with van der Waals surface area (Å²) in [6.07, 6.45) is 3.18. The molecule has 2 rings (SSSR count). The number of benzene rings is 1. The van der Waals surface area contributed by atoms with Crippen LogP contribution in [0.3, 0.4) is 0 Å². The molecule has 0 bridgehead atoms. The third kappa shape index (κ3) is 3.73. The van der Waals surface area contributed by atoms with Crippen molar-refractivity contribution < 1.29 is 18.3 Å². The van der Waals surface area contributed by atoms with Gasteiger partial charge >= 0.3 is 0 Å². The van der Waals surface area contributed by atoms with E-state index in [-0.39, 0.29) is 5.75 Å². The lowest BCUT2D eigenvalue weighted by Gasteiger charge is -2.32. The molecule has 0 heterocycles. The maximum absolute atomic E-state index is 13.1. The van der Waals surface area contributed by atoms with Crippen LogP contribution in [0.25, 0.3) is 0 Å². The number of hydrogen-bond acceptors (Lipinski definition) is 3. The molecule has 1 amide bonds. The molecule has 6 heteroatoms. The zero-order valence-electron chi connectivity index (χ0n) is 12.4. The second kappa shape index (κ2) is 6.73. The number of halogens is 2. The molecule has 118 valence electrons. The van der Waals surface area contributed by atoms with Crippen LogP contribution in [0, 0.1) is 23.0 Å². The molecule has 4 nitrogen and oxygen atoms in total. The Morgan fingerprint density at radius 2 is 2.00 bits per heavy atom. The van der Waals surface area contributed by atoms with Gasteiger partial charge in [-0.05, 0) is 31.9 Å². The smallest absolute Gasteiger partial charge is 0.262 e. The van der Waals surface area contributed by atoms with Crippen LogP contribution in [-0.2, 0) is 4.79 Å². The van der Waals surface area contributed by atoms with Crippen LogP contribution in [0.2, 0.25) is 0 Å². The molecule has 1 aliphatic carbocycles. The molecule has 1 N–H and O–H groups in total. The number of nitriles is 1. The SMILES string of the molecule is CC(Oc1ccc(F)c(F)c1)C(=O)NC1(C#N)CCCCC1. The largest absolute Gasteiger partial charge is 0.481 e. The van der Waals surface area contributed by atoms with Gasteiger partial charge in [0.25, 0.3) is 5.91 Å². The average Bonchev–Trinajstić information content (AvgIpc) is 2.51. The molecule has 22 heavy (non-hydrogen) atoms. The zero-order chi connectivity index (χ0) is 16.2. The molecular weight excluding hydrogens is 290 g/mol. The van der Waals surface area contributed by atoms with Crippen molar-refractivity contribution in [2.45, 2.75) is 50.7 Å². The Balaban J connectivity index is 1.99. The van der Waals surface area contributed by atoms with Gasteiger partial charge in [0.2, 0.25) is 0 Å². The van der Waals surface area contributed by atoms with Gasteiger partial charge in [0.05, 0.1) is 6.07 Å². The Kier molecular flexibility index (Phi) is 4.96. The van der Waals surface area contributed by atoms with Crippen LogP contribution in [0.15, 0.2) is 18.2 Å². The molecule has 0 spiro atoms. The van der Waals surface area contributed by atoms with Gasteiger partial charge in [0.1, 0.15) is 11.3 Å². The van der Waals surface area contributed by atoms with E-state index >= 15 is 0 Å². The number of rotatable bonds is 4. The van der Waals surface area contributed by atoms with E-state index in [9.17, 15) is 18.8 Å². The van der Waals surface area contributed by atoms with Gasteiger partial charge < -0.3 is 10.1 Å². The first-order valence-corrected chi connectivity index (χ1v) is 7.31. The molecule has 0 saturated heterocycles. The fourth-order valence-corrected chi connectivity index (χ4v) is 2.57. The molecular formula is C16H18F2N2O2. The van der Waals surface area contributed by atoms with E-state index in [1.807, 2.05) is 0 Å². The summed E-state index contributed by atoms with van der Waals surface area (Å²) < 4.78 is 31.3. The number of carbonyl (C=O) groups excluding carboxylic acids is 1. The highest BCUT2D eigenvalue weighted by Crippen LogP contribution is 2.27. The second-order valence-corrected chi connectivity index (χ2v) is 5.58. The highest BCUT2D eigenvalue weighted by molar-refractivity contribution is 5.82. The van der Waals surface area contributed by atoms with Crippen molar-refractivity contribution in [2.24, 2.45) is 0 Å². The summed E-state index contributed by atoms with van der Waals surface area (Å²) in [7, 11) is 0. The number of nitrogens with one attached hydrogen (secondary N) is 1. The van der Waals surface area contributed by atoms with Gasteiger partial charge in [-0.15, -0.1) is 0 Å². The fraction of sp³-hybridized carbons (Fsp3) is 0.500. The third-order valence-electron chi connectivity index (χ3n) is 3.86.